The van der Waals surface area contributed by atoms with Gasteiger partial charge in [0, 0.05) is 30.9 Å². The summed E-state index contributed by atoms with van der Waals surface area (Å²) in [5, 5.41) is 6.26. The molecule has 3 rings (SSSR count). The summed E-state index contributed by atoms with van der Waals surface area (Å²) in [6.45, 7) is 4.76. The number of hydrogen-bond acceptors (Lipinski definition) is 3. The minimum Gasteiger partial charge on any atom is -0.497 e. The molecule has 1 heterocycles. The summed E-state index contributed by atoms with van der Waals surface area (Å²) >= 11 is 0. The van der Waals surface area contributed by atoms with Crippen LogP contribution in [0.4, 0.5) is 5.69 Å². The standard InChI is InChI=1S/C21H26N4O2/c1-3-22-21(25-14-11-16-7-4-5-10-19(16)25)24-13-12-23-20(26)17-8-6-9-18(15-17)27-2/h4-10,15H,3,11-14H2,1-2H3,(H,22,24)(H,23,26). The first-order chi connectivity index (χ1) is 13.2. The Hall–Kier alpha value is -3.02. The van der Waals surface area contributed by atoms with E-state index in [1.54, 1.807) is 25.3 Å². The molecule has 0 bridgehead atoms. The van der Waals surface area contributed by atoms with Crippen LogP contribution in [0, 0.1) is 0 Å². The van der Waals surface area contributed by atoms with E-state index in [4.69, 9.17) is 4.74 Å². The molecule has 1 aliphatic heterocycles. The lowest BCUT2D eigenvalue weighted by Gasteiger charge is -2.22. The average molecular weight is 366 g/mol. The number of ether oxygens (including phenoxy) is 1. The Morgan fingerprint density at radius 3 is 2.85 bits per heavy atom. The van der Waals surface area contributed by atoms with Crippen LogP contribution in [0.25, 0.3) is 0 Å². The van der Waals surface area contributed by atoms with Gasteiger partial charge in [-0.3, -0.25) is 9.79 Å². The van der Waals surface area contributed by atoms with Crippen molar-refractivity contribution < 1.29 is 9.53 Å². The van der Waals surface area contributed by atoms with E-state index in [1.807, 2.05) is 6.07 Å². The van der Waals surface area contributed by atoms with Gasteiger partial charge in [-0.2, -0.15) is 0 Å². The van der Waals surface area contributed by atoms with Gasteiger partial charge in [0.1, 0.15) is 5.75 Å². The fourth-order valence-corrected chi connectivity index (χ4v) is 3.15. The molecule has 0 fully saturated rings. The highest BCUT2D eigenvalue weighted by Crippen LogP contribution is 2.27. The molecule has 27 heavy (non-hydrogen) atoms. The predicted octanol–water partition coefficient (Wildman–Crippen LogP) is 2.45. The number of para-hydroxylation sites is 1. The molecule has 6 heteroatoms. The third kappa shape index (κ3) is 4.58. The third-order valence-corrected chi connectivity index (χ3v) is 4.47. The van der Waals surface area contributed by atoms with E-state index in [2.05, 4.69) is 51.7 Å². The number of hydrogen-bond donors (Lipinski definition) is 2. The van der Waals surface area contributed by atoms with Crippen LogP contribution in [0.15, 0.2) is 53.5 Å². The van der Waals surface area contributed by atoms with Gasteiger partial charge in [0.25, 0.3) is 5.91 Å². The first-order valence-corrected chi connectivity index (χ1v) is 9.29. The van der Waals surface area contributed by atoms with Crippen LogP contribution in [-0.4, -0.2) is 45.2 Å². The predicted molar refractivity (Wildman–Crippen MR) is 109 cm³/mol. The van der Waals surface area contributed by atoms with E-state index in [1.165, 1.54) is 11.3 Å². The van der Waals surface area contributed by atoms with Gasteiger partial charge in [-0.05, 0) is 43.2 Å². The van der Waals surface area contributed by atoms with Gasteiger partial charge < -0.3 is 20.3 Å². The number of rotatable bonds is 6. The van der Waals surface area contributed by atoms with Crippen LogP contribution in [0.5, 0.6) is 5.75 Å². The summed E-state index contributed by atoms with van der Waals surface area (Å²) in [6, 6.07) is 15.5. The van der Waals surface area contributed by atoms with Crippen molar-refractivity contribution in [1.82, 2.24) is 10.6 Å². The molecule has 0 saturated heterocycles. The molecular formula is C21H26N4O2. The zero-order valence-electron chi connectivity index (χ0n) is 15.9. The number of fused-ring (bicyclic) bond motifs is 1. The number of nitrogens with zero attached hydrogens (tertiary/aromatic N) is 2. The quantitative estimate of drug-likeness (QED) is 0.468. The van der Waals surface area contributed by atoms with Crippen molar-refractivity contribution in [1.29, 1.82) is 0 Å². The van der Waals surface area contributed by atoms with E-state index in [9.17, 15) is 4.79 Å². The van der Waals surface area contributed by atoms with Crippen LogP contribution < -0.4 is 20.3 Å². The maximum absolute atomic E-state index is 12.3. The summed E-state index contributed by atoms with van der Waals surface area (Å²) in [4.78, 5) is 19.2. The van der Waals surface area contributed by atoms with Gasteiger partial charge in [-0.25, -0.2) is 0 Å². The zero-order valence-corrected chi connectivity index (χ0v) is 15.9. The van der Waals surface area contributed by atoms with Gasteiger partial charge in [0.2, 0.25) is 0 Å². The summed E-state index contributed by atoms with van der Waals surface area (Å²) in [7, 11) is 1.59. The Kier molecular flexibility index (Phi) is 6.30. The van der Waals surface area contributed by atoms with Gasteiger partial charge in [-0.1, -0.05) is 24.3 Å². The fraction of sp³-hybridized carbons (Fsp3) is 0.333. The Bertz CT molecular complexity index is 819. The lowest BCUT2D eigenvalue weighted by Crippen LogP contribution is -2.41. The molecule has 0 radical (unpaired) electrons. The molecular weight excluding hydrogens is 340 g/mol. The van der Waals surface area contributed by atoms with Crippen LogP contribution in [0.3, 0.4) is 0 Å². The molecule has 6 nitrogen and oxygen atoms in total. The van der Waals surface area contributed by atoms with Gasteiger partial charge >= 0.3 is 0 Å². The smallest absolute Gasteiger partial charge is 0.251 e. The topological polar surface area (TPSA) is 66.0 Å². The molecule has 0 aliphatic carbocycles. The number of nitrogens with one attached hydrogen (secondary N) is 2. The molecule has 1 aliphatic rings. The molecule has 142 valence electrons. The molecule has 0 spiro atoms. The maximum Gasteiger partial charge on any atom is 0.251 e. The lowest BCUT2D eigenvalue weighted by atomic mass is 10.2. The molecule has 0 unspecified atom stereocenters. The van der Waals surface area contributed by atoms with Crippen LogP contribution >= 0.6 is 0 Å². The number of anilines is 1. The molecule has 0 saturated carbocycles. The Balaban J connectivity index is 1.59. The number of methoxy groups -OCH3 is 1. The summed E-state index contributed by atoms with van der Waals surface area (Å²) < 4.78 is 5.16. The number of carbonyl (C=O) groups is 1. The number of guanidine groups is 1. The molecule has 2 aromatic rings. The van der Waals surface area contributed by atoms with Crippen molar-refractivity contribution in [2.75, 3.05) is 38.2 Å². The van der Waals surface area contributed by atoms with Gasteiger partial charge in [0.15, 0.2) is 5.96 Å². The second kappa shape index (κ2) is 9.07. The van der Waals surface area contributed by atoms with Crippen molar-refractivity contribution in [3.05, 3.63) is 59.7 Å². The SMILES string of the molecule is CCNC(=NCCNC(=O)c1cccc(OC)c1)N1CCc2ccccc21. The Morgan fingerprint density at radius 2 is 2.04 bits per heavy atom. The van der Waals surface area contributed by atoms with Crippen LogP contribution in [-0.2, 0) is 6.42 Å². The minimum atomic E-state index is -0.124. The van der Waals surface area contributed by atoms with E-state index < -0.39 is 0 Å². The van der Waals surface area contributed by atoms with Crippen LogP contribution in [0.2, 0.25) is 0 Å². The lowest BCUT2D eigenvalue weighted by molar-refractivity contribution is 0.0954. The Labute approximate surface area is 160 Å². The van der Waals surface area contributed by atoms with Crippen molar-refractivity contribution in [3.8, 4) is 5.75 Å². The van der Waals surface area contributed by atoms with E-state index in [0.717, 1.165) is 25.5 Å². The largest absolute Gasteiger partial charge is 0.497 e. The highest BCUT2D eigenvalue weighted by Gasteiger charge is 2.22. The average Bonchev–Trinajstić information content (AvgIpc) is 3.14. The normalized spacial score (nSPS) is 13.3. The first kappa shape index (κ1) is 18.8. The highest BCUT2D eigenvalue weighted by molar-refractivity contribution is 5.98. The zero-order chi connectivity index (χ0) is 19.1. The number of benzene rings is 2. The number of aliphatic imine (C=N–C) groups is 1. The van der Waals surface area contributed by atoms with Gasteiger partial charge in [-0.15, -0.1) is 0 Å². The van der Waals surface area contributed by atoms with E-state index >= 15 is 0 Å². The monoisotopic (exact) mass is 366 g/mol. The molecule has 2 N–H and O–H groups in total. The van der Waals surface area contributed by atoms with Crippen molar-refractivity contribution in [2.45, 2.75) is 13.3 Å². The molecule has 0 atom stereocenters. The van der Waals surface area contributed by atoms with E-state index in [-0.39, 0.29) is 5.91 Å². The highest BCUT2D eigenvalue weighted by atomic mass is 16.5. The molecule has 0 aromatic heterocycles. The summed E-state index contributed by atoms with van der Waals surface area (Å²) in [5.41, 5.74) is 3.13. The van der Waals surface area contributed by atoms with Crippen molar-refractivity contribution in [2.24, 2.45) is 4.99 Å². The van der Waals surface area contributed by atoms with Crippen LogP contribution in [0.1, 0.15) is 22.8 Å². The summed E-state index contributed by atoms with van der Waals surface area (Å²) in [6.07, 6.45) is 1.02. The first-order valence-electron chi connectivity index (χ1n) is 9.29. The number of carbonyl (C=O) groups excluding carboxylic acids is 1. The second-order valence-corrected chi connectivity index (χ2v) is 6.25. The summed E-state index contributed by atoms with van der Waals surface area (Å²) in [5.74, 6) is 1.40. The maximum atomic E-state index is 12.3. The molecule has 1 amide bonds. The number of amides is 1. The third-order valence-electron chi connectivity index (χ3n) is 4.47. The van der Waals surface area contributed by atoms with Crippen molar-refractivity contribution in [3.63, 3.8) is 0 Å². The Morgan fingerprint density at radius 1 is 1.19 bits per heavy atom. The minimum absolute atomic E-state index is 0.124. The van der Waals surface area contributed by atoms with Crippen molar-refractivity contribution >= 4 is 17.6 Å². The second-order valence-electron chi connectivity index (χ2n) is 6.25. The van der Waals surface area contributed by atoms with Gasteiger partial charge in [0.05, 0.1) is 13.7 Å². The molecule has 2 aromatic carbocycles. The fourth-order valence-electron chi connectivity index (χ4n) is 3.15. The van der Waals surface area contributed by atoms with E-state index in [0.29, 0.717) is 24.4 Å².